The number of aliphatic hydroxyl groups is 1. The number of imidazole rings is 1. The fourth-order valence-electron chi connectivity index (χ4n) is 2.88. The van der Waals surface area contributed by atoms with E-state index in [1.54, 1.807) is 35.4 Å². The number of halogens is 2. The van der Waals surface area contributed by atoms with Gasteiger partial charge in [-0.2, -0.15) is 0 Å². The summed E-state index contributed by atoms with van der Waals surface area (Å²) in [6, 6.07) is 7.95. The third kappa shape index (κ3) is 3.82. The Labute approximate surface area is 170 Å². The second-order valence-corrected chi connectivity index (χ2v) is 6.68. The first-order chi connectivity index (χ1) is 14.1. The standard InChI is InChI=1S/C19H17ClFN7O/c1-28(7-8-29)15-9-14(23-10-24-15)26-19-17-13(5-6-22-19)25-18(27-17)16-11(20)3-2-4-12(16)21/h2-6,9-10,29H,7-8H2,1H3,(H,25,27)(H,22,23,24,26). The fraction of sp³-hybridized carbons (Fsp3) is 0.158. The van der Waals surface area contributed by atoms with Crippen molar-refractivity contribution in [1.82, 2.24) is 24.9 Å². The van der Waals surface area contributed by atoms with Crippen LogP contribution in [0, 0.1) is 5.82 Å². The Hall–Kier alpha value is -3.30. The van der Waals surface area contributed by atoms with Crippen LogP contribution in [-0.2, 0) is 0 Å². The number of aromatic amines is 1. The Kier molecular flexibility index (Phi) is 5.24. The second-order valence-electron chi connectivity index (χ2n) is 6.27. The van der Waals surface area contributed by atoms with Crippen molar-refractivity contribution in [3.05, 3.63) is 53.7 Å². The van der Waals surface area contributed by atoms with E-state index in [4.69, 9.17) is 16.7 Å². The van der Waals surface area contributed by atoms with Gasteiger partial charge in [0.1, 0.15) is 35.1 Å². The second kappa shape index (κ2) is 7.98. The zero-order chi connectivity index (χ0) is 20.4. The summed E-state index contributed by atoms with van der Waals surface area (Å²) in [6.45, 7) is 0.454. The first-order valence-corrected chi connectivity index (χ1v) is 9.15. The average Bonchev–Trinajstić information content (AvgIpc) is 3.13. The number of pyridine rings is 1. The molecule has 0 unspecified atom stereocenters. The van der Waals surface area contributed by atoms with Crippen molar-refractivity contribution >= 4 is 40.1 Å². The third-order valence-electron chi connectivity index (χ3n) is 4.33. The molecular formula is C19H17ClFN7O. The summed E-state index contributed by atoms with van der Waals surface area (Å²) in [5, 5.41) is 12.5. The van der Waals surface area contributed by atoms with Crippen molar-refractivity contribution in [1.29, 1.82) is 0 Å². The summed E-state index contributed by atoms with van der Waals surface area (Å²) in [4.78, 5) is 22.1. The Balaban J connectivity index is 1.71. The molecule has 3 heterocycles. The maximum Gasteiger partial charge on any atom is 0.159 e. The summed E-state index contributed by atoms with van der Waals surface area (Å²) in [6.07, 6.45) is 3.02. The number of aliphatic hydroxyl groups excluding tert-OH is 1. The van der Waals surface area contributed by atoms with Gasteiger partial charge in [0.25, 0.3) is 0 Å². The van der Waals surface area contributed by atoms with Gasteiger partial charge in [0, 0.05) is 25.9 Å². The van der Waals surface area contributed by atoms with Crippen molar-refractivity contribution in [2.24, 2.45) is 0 Å². The molecule has 0 saturated heterocycles. The van der Waals surface area contributed by atoms with Crippen LogP contribution in [0.5, 0.6) is 0 Å². The van der Waals surface area contributed by atoms with E-state index in [9.17, 15) is 4.39 Å². The molecule has 0 fully saturated rings. The van der Waals surface area contributed by atoms with Gasteiger partial charge in [-0.15, -0.1) is 0 Å². The Morgan fingerprint density at radius 1 is 1.24 bits per heavy atom. The van der Waals surface area contributed by atoms with Gasteiger partial charge in [-0.05, 0) is 18.2 Å². The summed E-state index contributed by atoms with van der Waals surface area (Å²) < 4.78 is 14.3. The lowest BCUT2D eigenvalue weighted by molar-refractivity contribution is 0.304. The predicted octanol–water partition coefficient (Wildman–Crippen LogP) is 3.38. The Morgan fingerprint density at radius 2 is 2.10 bits per heavy atom. The molecule has 3 aromatic heterocycles. The van der Waals surface area contributed by atoms with E-state index < -0.39 is 5.82 Å². The Bertz CT molecular complexity index is 1150. The van der Waals surface area contributed by atoms with E-state index in [1.807, 2.05) is 7.05 Å². The zero-order valence-corrected chi connectivity index (χ0v) is 16.2. The van der Waals surface area contributed by atoms with Crippen LogP contribution in [0.3, 0.4) is 0 Å². The van der Waals surface area contributed by atoms with E-state index >= 15 is 0 Å². The number of H-pyrrole nitrogens is 1. The molecule has 0 bridgehead atoms. The molecule has 4 rings (SSSR count). The summed E-state index contributed by atoms with van der Waals surface area (Å²) in [5.74, 6) is 1.45. The molecule has 10 heteroatoms. The number of nitrogens with one attached hydrogen (secondary N) is 2. The van der Waals surface area contributed by atoms with Crippen LogP contribution in [0.15, 0.2) is 42.9 Å². The summed E-state index contributed by atoms with van der Waals surface area (Å²) in [5.41, 5.74) is 1.39. The molecule has 0 aliphatic carbocycles. The fourth-order valence-corrected chi connectivity index (χ4v) is 3.13. The highest BCUT2D eigenvalue weighted by Crippen LogP contribution is 2.31. The van der Waals surface area contributed by atoms with E-state index in [1.165, 1.54) is 12.4 Å². The Morgan fingerprint density at radius 3 is 2.90 bits per heavy atom. The minimum Gasteiger partial charge on any atom is -0.395 e. The van der Waals surface area contributed by atoms with Crippen molar-refractivity contribution < 1.29 is 9.50 Å². The minimum atomic E-state index is -0.466. The number of hydrogen-bond donors (Lipinski definition) is 3. The maximum atomic E-state index is 14.3. The molecule has 0 amide bonds. The molecule has 4 aromatic rings. The molecule has 0 spiro atoms. The first-order valence-electron chi connectivity index (χ1n) is 8.77. The van der Waals surface area contributed by atoms with Gasteiger partial charge in [0.05, 0.1) is 22.7 Å². The highest BCUT2D eigenvalue weighted by molar-refractivity contribution is 6.33. The van der Waals surface area contributed by atoms with Gasteiger partial charge >= 0.3 is 0 Å². The molecule has 0 atom stereocenters. The largest absolute Gasteiger partial charge is 0.395 e. The zero-order valence-electron chi connectivity index (χ0n) is 15.4. The van der Waals surface area contributed by atoms with E-state index in [2.05, 4.69) is 30.2 Å². The smallest absolute Gasteiger partial charge is 0.159 e. The predicted molar refractivity (Wildman–Crippen MR) is 110 cm³/mol. The number of benzene rings is 1. The lowest BCUT2D eigenvalue weighted by Crippen LogP contribution is -2.22. The van der Waals surface area contributed by atoms with Crippen LogP contribution in [-0.4, -0.2) is 50.2 Å². The monoisotopic (exact) mass is 413 g/mol. The van der Waals surface area contributed by atoms with Crippen molar-refractivity contribution in [2.75, 3.05) is 30.4 Å². The van der Waals surface area contributed by atoms with Crippen LogP contribution >= 0.6 is 11.6 Å². The van der Waals surface area contributed by atoms with Crippen LogP contribution < -0.4 is 10.2 Å². The molecular weight excluding hydrogens is 397 g/mol. The molecule has 0 radical (unpaired) electrons. The highest BCUT2D eigenvalue weighted by Gasteiger charge is 2.16. The molecule has 1 aromatic carbocycles. The molecule has 29 heavy (non-hydrogen) atoms. The van der Waals surface area contributed by atoms with Gasteiger partial charge in [-0.1, -0.05) is 17.7 Å². The highest BCUT2D eigenvalue weighted by atomic mass is 35.5. The maximum absolute atomic E-state index is 14.3. The molecule has 8 nitrogen and oxygen atoms in total. The molecule has 0 aliphatic rings. The first kappa shape index (κ1) is 19.0. The van der Waals surface area contributed by atoms with Crippen molar-refractivity contribution in [3.63, 3.8) is 0 Å². The van der Waals surface area contributed by atoms with Gasteiger partial charge < -0.3 is 20.3 Å². The molecule has 148 valence electrons. The van der Waals surface area contributed by atoms with Gasteiger partial charge in [0.2, 0.25) is 0 Å². The van der Waals surface area contributed by atoms with E-state index in [0.29, 0.717) is 40.9 Å². The third-order valence-corrected chi connectivity index (χ3v) is 4.64. The van der Waals surface area contributed by atoms with Gasteiger partial charge in [0.15, 0.2) is 5.82 Å². The number of aromatic nitrogens is 5. The van der Waals surface area contributed by atoms with Gasteiger partial charge in [-0.3, -0.25) is 0 Å². The quantitative estimate of drug-likeness (QED) is 0.445. The number of fused-ring (bicyclic) bond motifs is 1. The normalized spacial score (nSPS) is 11.0. The SMILES string of the molecule is CN(CCO)c1cc(Nc2nccc3[nH]c(-c4c(F)cccc4Cl)nc23)ncn1. The number of likely N-dealkylation sites (N-methyl/N-ethyl adjacent to an activating group) is 1. The van der Waals surface area contributed by atoms with Crippen molar-refractivity contribution in [2.45, 2.75) is 0 Å². The van der Waals surface area contributed by atoms with Crippen LogP contribution in [0.25, 0.3) is 22.4 Å². The number of anilines is 3. The molecule has 0 aliphatic heterocycles. The minimum absolute atomic E-state index is 0.0127. The van der Waals surface area contributed by atoms with E-state index in [-0.39, 0.29) is 17.2 Å². The lowest BCUT2D eigenvalue weighted by Gasteiger charge is -2.17. The van der Waals surface area contributed by atoms with Crippen LogP contribution in [0.4, 0.5) is 21.8 Å². The van der Waals surface area contributed by atoms with Crippen LogP contribution in [0.2, 0.25) is 5.02 Å². The lowest BCUT2D eigenvalue weighted by atomic mass is 10.2. The summed E-state index contributed by atoms with van der Waals surface area (Å²) >= 11 is 6.16. The molecule has 3 N–H and O–H groups in total. The van der Waals surface area contributed by atoms with E-state index in [0.717, 1.165) is 0 Å². The summed E-state index contributed by atoms with van der Waals surface area (Å²) in [7, 11) is 1.82. The number of nitrogens with zero attached hydrogens (tertiary/aromatic N) is 5. The van der Waals surface area contributed by atoms with Crippen LogP contribution in [0.1, 0.15) is 0 Å². The topological polar surface area (TPSA) is 103 Å². The van der Waals surface area contributed by atoms with Crippen molar-refractivity contribution in [3.8, 4) is 11.4 Å². The average molecular weight is 414 g/mol. The number of hydrogen-bond acceptors (Lipinski definition) is 7. The van der Waals surface area contributed by atoms with Gasteiger partial charge in [-0.25, -0.2) is 24.3 Å². The molecule has 0 saturated carbocycles. The number of rotatable bonds is 6.